The Labute approximate surface area is 167 Å². The fourth-order valence-electron chi connectivity index (χ4n) is 2.60. The number of aliphatic carboxylic acids is 1. The third kappa shape index (κ3) is 5.04. The second-order valence-electron chi connectivity index (χ2n) is 6.06. The molecular weight excluding hydrogens is 376 g/mol. The number of benzene rings is 2. The van der Waals surface area contributed by atoms with Crippen LogP contribution in [0.25, 0.3) is 5.69 Å². The van der Waals surface area contributed by atoms with Crippen molar-refractivity contribution in [3.05, 3.63) is 59.9 Å². The van der Waals surface area contributed by atoms with E-state index >= 15 is 0 Å². The van der Waals surface area contributed by atoms with Gasteiger partial charge in [0, 0.05) is 11.4 Å². The minimum atomic E-state index is -0.891. The first-order valence-corrected chi connectivity index (χ1v) is 9.88. The lowest BCUT2D eigenvalue weighted by atomic mass is 10.2. The predicted octanol–water partition coefficient (Wildman–Crippen LogP) is 3.76. The first kappa shape index (κ1) is 19.8. The summed E-state index contributed by atoms with van der Waals surface area (Å²) >= 11 is 1.15. The SMILES string of the molecule is CCOc1ccc(NCc2nnc(SCC(=O)O)n2-c2ccc(C)cc2)cc1. The summed E-state index contributed by atoms with van der Waals surface area (Å²) < 4.78 is 7.34. The third-order valence-corrected chi connectivity index (χ3v) is 4.85. The van der Waals surface area contributed by atoms with Gasteiger partial charge in [-0.3, -0.25) is 9.36 Å². The van der Waals surface area contributed by atoms with Gasteiger partial charge in [0.15, 0.2) is 11.0 Å². The summed E-state index contributed by atoms with van der Waals surface area (Å²) in [4.78, 5) is 11.0. The Morgan fingerprint density at radius 1 is 1.14 bits per heavy atom. The molecule has 0 amide bonds. The van der Waals surface area contributed by atoms with Crippen molar-refractivity contribution in [2.45, 2.75) is 25.5 Å². The van der Waals surface area contributed by atoms with Crippen LogP contribution in [-0.4, -0.2) is 38.2 Å². The molecule has 3 rings (SSSR count). The molecule has 0 aliphatic heterocycles. The fourth-order valence-corrected chi connectivity index (χ4v) is 3.30. The summed E-state index contributed by atoms with van der Waals surface area (Å²) in [6, 6.07) is 15.7. The molecule has 8 heteroatoms. The van der Waals surface area contributed by atoms with Crippen LogP contribution < -0.4 is 10.1 Å². The maximum Gasteiger partial charge on any atom is 0.313 e. The van der Waals surface area contributed by atoms with E-state index in [4.69, 9.17) is 9.84 Å². The molecular formula is C20H22N4O3S. The predicted molar refractivity (Wildman–Crippen MR) is 109 cm³/mol. The number of nitrogens with zero attached hydrogens (tertiary/aromatic N) is 3. The fraction of sp³-hybridized carbons (Fsp3) is 0.250. The zero-order chi connectivity index (χ0) is 19.9. The van der Waals surface area contributed by atoms with Gasteiger partial charge in [-0.15, -0.1) is 10.2 Å². The molecule has 0 radical (unpaired) electrons. The number of carbonyl (C=O) groups is 1. The van der Waals surface area contributed by atoms with Crippen molar-refractivity contribution in [1.29, 1.82) is 0 Å². The van der Waals surface area contributed by atoms with E-state index in [-0.39, 0.29) is 5.75 Å². The van der Waals surface area contributed by atoms with Crippen LogP contribution in [0.15, 0.2) is 53.7 Å². The molecule has 0 aliphatic carbocycles. The van der Waals surface area contributed by atoms with E-state index in [0.29, 0.717) is 24.1 Å². The summed E-state index contributed by atoms with van der Waals surface area (Å²) in [5.41, 5.74) is 2.97. The minimum Gasteiger partial charge on any atom is -0.494 e. The van der Waals surface area contributed by atoms with Crippen molar-refractivity contribution in [2.24, 2.45) is 0 Å². The normalized spacial score (nSPS) is 10.6. The summed E-state index contributed by atoms with van der Waals surface area (Å²) in [5, 5.41) is 21.3. The van der Waals surface area contributed by atoms with Gasteiger partial charge in [0.1, 0.15) is 5.75 Å². The molecule has 0 saturated heterocycles. The van der Waals surface area contributed by atoms with Gasteiger partial charge in [-0.25, -0.2) is 0 Å². The van der Waals surface area contributed by atoms with Gasteiger partial charge < -0.3 is 15.2 Å². The van der Waals surface area contributed by atoms with Crippen molar-refractivity contribution < 1.29 is 14.6 Å². The van der Waals surface area contributed by atoms with Crippen molar-refractivity contribution in [3.63, 3.8) is 0 Å². The van der Waals surface area contributed by atoms with E-state index in [9.17, 15) is 4.79 Å². The van der Waals surface area contributed by atoms with Gasteiger partial charge in [-0.2, -0.15) is 0 Å². The molecule has 0 fully saturated rings. The third-order valence-electron chi connectivity index (χ3n) is 3.93. The average Bonchev–Trinajstić information content (AvgIpc) is 3.09. The van der Waals surface area contributed by atoms with Crippen LogP contribution in [0.1, 0.15) is 18.3 Å². The van der Waals surface area contributed by atoms with Crippen LogP contribution in [0.5, 0.6) is 5.75 Å². The van der Waals surface area contributed by atoms with Gasteiger partial charge in [-0.1, -0.05) is 29.5 Å². The van der Waals surface area contributed by atoms with Gasteiger partial charge in [0.2, 0.25) is 0 Å². The average molecular weight is 398 g/mol. The number of aryl methyl sites for hydroxylation is 1. The quantitative estimate of drug-likeness (QED) is 0.530. The number of carboxylic acid groups (broad SMARTS) is 1. The molecule has 2 N–H and O–H groups in total. The molecule has 0 bridgehead atoms. The number of thioether (sulfide) groups is 1. The van der Waals surface area contributed by atoms with Crippen LogP contribution in [0.2, 0.25) is 0 Å². The summed E-state index contributed by atoms with van der Waals surface area (Å²) in [6.07, 6.45) is 0. The number of hydrogen-bond donors (Lipinski definition) is 2. The number of carboxylic acids is 1. The van der Waals surface area contributed by atoms with Crippen LogP contribution in [0.4, 0.5) is 5.69 Å². The first-order valence-electron chi connectivity index (χ1n) is 8.89. The Kier molecular flexibility index (Phi) is 6.54. The molecule has 1 heterocycles. The Hall–Kier alpha value is -3.00. The maximum atomic E-state index is 11.0. The largest absolute Gasteiger partial charge is 0.494 e. The number of aromatic nitrogens is 3. The smallest absolute Gasteiger partial charge is 0.313 e. The van der Waals surface area contributed by atoms with Gasteiger partial charge in [-0.05, 0) is 50.2 Å². The van der Waals surface area contributed by atoms with Crippen molar-refractivity contribution in [2.75, 3.05) is 17.7 Å². The lowest BCUT2D eigenvalue weighted by Crippen LogP contribution is -2.09. The van der Waals surface area contributed by atoms with Gasteiger partial charge in [0.25, 0.3) is 0 Å². The minimum absolute atomic E-state index is 0.0731. The number of anilines is 1. The second-order valence-corrected chi connectivity index (χ2v) is 7.01. The molecule has 0 atom stereocenters. The zero-order valence-corrected chi connectivity index (χ0v) is 16.6. The van der Waals surface area contributed by atoms with Gasteiger partial charge in [0.05, 0.1) is 18.9 Å². The van der Waals surface area contributed by atoms with Crippen LogP contribution in [-0.2, 0) is 11.3 Å². The molecule has 0 saturated carbocycles. The molecule has 28 heavy (non-hydrogen) atoms. The Morgan fingerprint density at radius 2 is 1.86 bits per heavy atom. The topological polar surface area (TPSA) is 89.3 Å². The van der Waals surface area contributed by atoms with E-state index < -0.39 is 5.97 Å². The van der Waals surface area contributed by atoms with Crippen LogP contribution in [0.3, 0.4) is 0 Å². The Balaban J connectivity index is 1.81. The highest BCUT2D eigenvalue weighted by Crippen LogP contribution is 2.23. The molecule has 0 unspecified atom stereocenters. The second kappa shape index (κ2) is 9.27. The molecule has 7 nitrogen and oxygen atoms in total. The molecule has 0 spiro atoms. The highest BCUT2D eigenvalue weighted by molar-refractivity contribution is 7.99. The summed E-state index contributed by atoms with van der Waals surface area (Å²) in [7, 11) is 0. The lowest BCUT2D eigenvalue weighted by molar-refractivity contribution is -0.133. The van der Waals surface area contributed by atoms with E-state index in [1.807, 2.05) is 66.9 Å². The standard InChI is InChI=1S/C20H22N4O3S/c1-3-27-17-10-6-15(7-11-17)21-12-18-22-23-20(28-13-19(25)26)24(18)16-8-4-14(2)5-9-16/h4-11,21H,3,12-13H2,1-2H3,(H,25,26). The summed E-state index contributed by atoms with van der Waals surface area (Å²) in [6.45, 7) is 5.04. The van der Waals surface area contributed by atoms with Crippen molar-refractivity contribution in [1.82, 2.24) is 14.8 Å². The Bertz CT molecular complexity index is 924. The summed E-state index contributed by atoms with van der Waals surface area (Å²) in [5.74, 6) is 0.558. The number of hydrogen-bond acceptors (Lipinski definition) is 6. The molecule has 146 valence electrons. The monoisotopic (exact) mass is 398 g/mol. The first-order chi connectivity index (χ1) is 13.6. The molecule has 2 aromatic carbocycles. The van der Waals surface area contributed by atoms with E-state index in [0.717, 1.165) is 34.4 Å². The van der Waals surface area contributed by atoms with Crippen LogP contribution >= 0.6 is 11.8 Å². The highest BCUT2D eigenvalue weighted by Gasteiger charge is 2.15. The lowest BCUT2D eigenvalue weighted by Gasteiger charge is -2.12. The molecule has 1 aromatic heterocycles. The van der Waals surface area contributed by atoms with E-state index in [2.05, 4.69) is 15.5 Å². The van der Waals surface area contributed by atoms with E-state index in [1.165, 1.54) is 0 Å². The number of ether oxygens (including phenoxy) is 1. The Morgan fingerprint density at radius 3 is 2.50 bits per heavy atom. The zero-order valence-electron chi connectivity index (χ0n) is 15.8. The van der Waals surface area contributed by atoms with Crippen molar-refractivity contribution >= 4 is 23.4 Å². The number of rotatable bonds is 9. The molecule has 3 aromatic rings. The maximum absolute atomic E-state index is 11.0. The van der Waals surface area contributed by atoms with Crippen molar-refractivity contribution in [3.8, 4) is 11.4 Å². The van der Waals surface area contributed by atoms with Gasteiger partial charge >= 0.3 is 5.97 Å². The number of nitrogens with one attached hydrogen (secondary N) is 1. The highest BCUT2D eigenvalue weighted by atomic mass is 32.2. The van der Waals surface area contributed by atoms with Crippen LogP contribution in [0, 0.1) is 6.92 Å². The van der Waals surface area contributed by atoms with E-state index in [1.54, 1.807) is 0 Å². The molecule has 0 aliphatic rings.